The van der Waals surface area contributed by atoms with Gasteiger partial charge in [0.05, 0.1) is 15.6 Å². The molecule has 30 heavy (non-hydrogen) atoms. The van der Waals surface area contributed by atoms with Gasteiger partial charge in [-0.25, -0.2) is 4.99 Å². The molecule has 1 amide bonds. The van der Waals surface area contributed by atoms with E-state index in [-0.39, 0.29) is 17.3 Å². The van der Waals surface area contributed by atoms with E-state index in [1.165, 1.54) is 17.0 Å². The SMILES string of the molecule is Cc1cccc(N2C(=O)/C(=C\c3ccc([N+](=O)[O-])cc3)N=C2c2ccccc2Cl)c1. The summed E-state index contributed by atoms with van der Waals surface area (Å²) in [6, 6.07) is 20.7. The topological polar surface area (TPSA) is 75.8 Å². The molecule has 4 rings (SSSR count). The molecule has 0 radical (unpaired) electrons. The van der Waals surface area contributed by atoms with Crippen LogP contribution in [0.4, 0.5) is 11.4 Å². The first kappa shape index (κ1) is 19.5. The summed E-state index contributed by atoms with van der Waals surface area (Å²) in [6.45, 7) is 1.95. The van der Waals surface area contributed by atoms with Gasteiger partial charge in [-0.15, -0.1) is 0 Å². The fraction of sp³-hybridized carbons (Fsp3) is 0.0435. The van der Waals surface area contributed by atoms with Crippen molar-refractivity contribution in [3.63, 3.8) is 0 Å². The van der Waals surface area contributed by atoms with Gasteiger partial charge in [0, 0.05) is 17.7 Å². The van der Waals surface area contributed by atoms with E-state index in [1.807, 2.05) is 49.4 Å². The number of aryl methyl sites for hydroxylation is 1. The zero-order chi connectivity index (χ0) is 21.3. The zero-order valence-electron chi connectivity index (χ0n) is 15.9. The Bertz CT molecular complexity index is 1220. The molecule has 0 bridgehead atoms. The summed E-state index contributed by atoms with van der Waals surface area (Å²) >= 11 is 6.39. The van der Waals surface area contributed by atoms with Gasteiger partial charge in [-0.2, -0.15) is 0 Å². The highest BCUT2D eigenvalue weighted by molar-refractivity contribution is 6.39. The molecular weight excluding hydrogens is 402 g/mol. The van der Waals surface area contributed by atoms with Gasteiger partial charge in [0.25, 0.3) is 11.6 Å². The molecule has 0 aliphatic carbocycles. The number of hydrogen-bond donors (Lipinski definition) is 0. The Kier molecular flexibility index (Phi) is 5.16. The van der Waals surface area contributed by atoms with Gasteiger partial charge < -0.3 is 0 Å². The van der Waals surface area contributed by atoms with Gasteiger partial charge in [0.1, 0.15) is 11.5 Å². The molecule has 0 fully saturated rings. The van der Waals surface area contributed by atoms with E-state index in [9.17, 15) is 14.9 Å². The highest BCUT2D eigenvalue weighted by Crippen LogP contribution is 2.30. The number of benzene rings is 3. The molecule has 7 heteroatoms. The summed E-state index contributed by atoms with van der Waals surface area (Å²) in [5, 5.41) is 11.3. The summed E-state index contributed by atoms with van der Waals surface area (Å²) in [5.74, 6) is 0.137. The summed E-state index contributed by atoms with van der Waals surface area (Å²) in [5.41, 5.74) is 3.17. The zero-order valence-corrected chi connectivity index (χ0v) is 16.7. The molecule has 0 saturated heterocycles. The van der Waals surface area contributed by atoms with E-state index in [1.54, 1.807) is 24.3 Å². The van der Waals surface area contributed by atoms with Gasteiger partial charge in [-0.3, -0.25) is 19.8 Å². The number of hydrogen-bond acceptors (Lipinski definition) is 4. The van der Waals surface area contributed by atoms with Crippen LogP contribution in [-0.4, -0.2) is 16.7 Å². The third kappa shape index (κ3) is 3.73. The van der Waals surface area contributed by atoms with Gasteiger partial charge in [-0.05, 0) is 60.5 Å². The number of aliphatic imine (C=N–C) groups is 1. The molecular formula is C23H16ClN3O3. The number of nitro benzene ring substituents is 1. The number of halogens is 1. The van der Waals surface area contributed by atoms with Gasteiger partial charge in [-0.1, -0.05) is 35.9 Å². The van der Waals surface area contributed by atoms with E-state index in [4.69, 9.17) is 11.6 Å². The van der Waals surface area contributed by atoms with Crippen molar-refractivity contribution in [1.29, 1.82) is 0 Å². The summed E-state index contributed by atoms with van der Waals surface area (Å²) in [4.78, 5) is 29.8. The molecule has 1 aliphatic heterocycles. The number of rotatable bonds is 4. The minimum absolute atomic E-state index is 0.0171. The quantitative estimate of drug-likeness (QED) is 0.324. The van der Waals surface area contributed by atoms with Crippen molar-refractivity contribution in [2.75, 3.05) is 4.90 Å². The van der Waals surface area contributed by atoms with Crippen molar-refractivity contribution in [2.45, 2.75) is 6.92 Å². The number of carbonyl (C=O) groups is 1. The van der Waals surface area contributed by atoms with Crippen LogP contribution in [0.2, 0.25) is 5.02 Å². The second kappa shape index (κ2) is 7.93. The molecule has 1 aliphatic rings. The lowest BCUT2D eigenvalue weighted by atomic mass is 10.1. The molecule has 6 nitrogen and oxygen atoms in total. The van der Waals surface area contributed by atoms with Crippen molar-refractivity contribution in [3.05, 3.63) is 110 Å². The minimum Gasteiger partial charge on any atom is -0.266 e. The number of nitro groups is 1. The van der Waals surface area contributed by atoms with Crippen LogP contribution in [0.15, 0.2) is 83.5 Å². The van der Waals surface area contributed by atoms with Crippen LogP contribution >= 0.6 is 11.6 Å². The highest BCUT2D eigenvalue weighted by atomic mass is 35.5. The third-order valence-electron chi connectivity index (χ3n) is 4.64. The molecule has 1 heterocycles. The van der Waals surface area contributed by atoms with Crippen LogP contribution in [0, 0.1) is 17.0 Å². The number of carbonyl (C=O) groups excluding carboxylic acids is 1. The fourth-order valence-electron chi connectivity index (χ4n) is 3.20. The number of non-ortho nitro benzene ring substituents is 1. The molecule has 0 atom stereocenters. The predicted molar refractivity (Wildman–Crippen MR) is 118 cm³/mol. The monoisotopic (exact) mass is 417 g/mol. The Labute approximate surface area is 177 Å². The average molecular weight is 418 g/mol. The fourth-order valence-corrected chi connectivity index (χ4v) is 3.42. The van der Waals surface area contributed by atoms with Gasteiger partial charge in [0.15, 0.2) is 0 Å². The molecule has 0 spiro atoms. The van der Waals surface area contributed by atoms with Gasteiger partial charge in [0.2, 0.25) is 0 Å². The summed E-state index contributed by atoms with van der Waals surface area (Å²) < 4.78 is 0. The van der Waals surface area contributed by atoms with Crippen LogP contribution in [0.5, 0.6) is 0 Å². The smallest absolute Gasteiger partial charge is 0.266 e. The highest BCUT2D eigenvalue weighted by Gasteiger charge is 2.33. The van der Waals surface area contributed by atoms with E-state index < -0.39 is 4.92 Å². The Balaban J connectivity index is 1.82. The Morgan fingerprint density at radius 3 is 2.43 bits per heavy atom. The molecule has 0 N–H and O–H groups in total. The maximum absolute atomic E-state index is 13.3. The number of amidine groups is 1. The van der Waals surface area contributed by atoms with Crippen LogP contribution in [0.25, 0.3) is 6.08 Å². The van der Waals surface area contributed by atoms with Crippen LogP contribution in [0.3, 0.4) is 0 Å². The molecule has 3 aromatic carbocycles. The lowest BCUT2D eigenvalue weighted by Crippen LogP contribution is -2.32. The van der Waals surface area contributed by atoms with Crippen molar-refractivity contribution in [1.82, 2.24) is 0 Å². The molecule has 148 valence electrons. The first-order valence-electron chi connectivity index (χ1n) is 9.15. The summed E-state index contributed by atoms with van der Waals surface area (Å²) in [7, 11) is 0. The maximum atomic E-state index is 13.3. The molecule has 0 unspecified atom stereocenters. The Morgan fingerprint density at radius 1 is 1.03 bits per heavy atom. The lowest BCUT2D eigenvalue weighted by molar-refractivity contribution is -0.384. The van der Waals surface area contributed by atoms with E-state index in [0.29, 0.717) is 27.7 Å². The second-order valence-electron chi connectivity index (χ2n) is 6.77. The van der Waals surface area contributed by atoms with Crippen molar-refractivity contribution in [3.8, 4) is 0 Å². The van der Waals surface area contributed by atoms with Crippen molar-refractivity contribution in [2.24, 2.45) is 4.99 Å². The summed E-state index contributed by atoms with van der Waals surface area (Å²) in [6.07, 6.45) is 1.61. The molecule has 3 aromatic rings. The first-order valence-corrected chi connectivity index (χ1v) is 9.53. The van der Waals surface area contributed by atoms with Crippen molar-refractivity contribution < 1.29 is 9.72 Å². The van der Waals surface area contributed by atoms with Crippen LogP contribution < -0.4 is 4.90 Å². The molecule has 0 aromatic heterocycles. The normalized spacial score (nSPS) is 14.9. The Morgan fingerprint density at radius 2 is 1.77 bits per heavy atom. The standard InChI is InChI=1S/C23H16ClN3O3/c1-15-5-4-6-18(13-15)26-22(19-7-2-3-8-20(19)24)25-21(23(26)28)14-16-9-11-17(12-10-16)27(29)30/h2-14H,1H3/b21-14+. The maximum Gasteiger partial charge on any atom is 0.282 e. The number of amides is 1. The van der Waals surface area contributed by atoms with Crippen LogP contribution in [0.1, 0.15) is 16.7 Å². The molecule has 0 saturated carbocycles. The second-order valence-corrected chi connectivity index (χ2v) is 7.18. The van der Waals surface area contributed by atoms with E-state index in [0.717, 1.165) is 5.56 Å². The Hall–Kier alpha value is -3.77. The predicted octanol–water partition coefficient (Wildman–Crippen LogP) is 5.39. The van der Waals surface area contributed by atoms with Crippen LogP contribution in [-0.2, 0) is 4.79 Å². The largest absolute Gasteiger partial charge is 0.282 e. The average Bonchev–Trinajstić information content (AvgIpc) is 3.04. The van der Waals surface area contributed by atoms with Gasteiger partial charge >= 0.3 is 0 Å². The van der Waals surface area contributed by atoms with Crippen molar-refractivity contribution >= 4 is 40.8 Å². The third-order valence-corrected chi connectivity index (χ3v) is 4.97. The lowest BCUT2D eigenvalue weighted by Gasteiger charge is -2.19. The van der Waals surface area contributed by atoms with E-state index >= 15 is 0 Å². The number of anilines is 1. The number of nitrogens with zero attached hydrogens (tertiary/aromatic N) is 3. The minimum atomic E-state index is -0.467. The van der Waals surface area contributed by atoms with E-state index in [2.05, 4.69) is 4.99 Å². The first-order chi connectivity index (χ1) is 14.4.